The minimum absolute atomic E-state index is 0.0841. The van der Waals surface area contributed by atoms with Gasteiger partial charge in [-0.25, -0.2) is 0 Å². The maximum Gasteiger partial charge on any atom is 0.241 e. The Morgan fingerprint density at radius 1 is 1.22 bits per heavy atom. The van der Waals surface area contributed by atoms with Crippen molar-refractivity contribution in [2.45, 2.75) is 76.9 Å². The van der Waals surface area contributed by atoms with Gasteiger partial charge < -0.3 is 5.32 Å². The van der Waals surface area contributed by atoms with Crippen molar-refractivity contribution in [1.82, 2.24) is 20.0 Å². The Balaban J connectivity index is 1.48. The van der Waals surface area contributed by atoms with E-state index in [9.17, 15) is 4.79 Å². The van der Waals surface area contributed by atoms with Crippen LogP contribution in [0.25, 0.3) is 0 Å². The fourth-order valence-electron chi connectivity index (χ4n) is 4.05. The molecule has 1 amide bonds. The molecule has 0 bridgehead atoms. The largest absolute Gasteiger partial charge is 0.350 e. The molecular formula is C18H30N4O. The number of rotatable bonds is 4. The second-order valence-electron chi connectivity index (χ2n) is 7.20. The van der Waals surface area contributed by atoms with E-state index in [4.69, 9.17) is 0 Å². The Labute approximate surface area is 139 Å². The molecule has 5 nitrogen and oxygen atoms in total. The van der Waals surface area contributed by atoms with Gasteiger partial charge in [-0.3, -0.25) is 14.4 Å². The van der Waals surface area contributed by atoms with Crippen molar-refractivity contribution in [3.8, 4) is 0 Å². The normalized spacial score (nSPS) is 24.3. The predicted molar refractivity (Wildman–Crippen MR) is 91.2 cm³/mol. The van der Waals surface area contributed by atoms with E-state index >= 15 is 0 Å². The Bertz CT molecular complexity index is 505. The molecule has 1 aromatic rings. The lowest BCUT2D eigenvalue weighted by atomic mass is 10.00. The van der Waals surface area contributed by atoms with E-state index in [0.717, 1.165) is 24.7 Å². The zero-order valence-electron chi connectivity index (χ0n) is 14.3. The first kappa shape index (κ1) is 16.5. The van der Waals surface area contributed by atoms with Crippen LogP contribution < -0.4 is 5.32 Å². The summed E-state index contributed by atoms with van der Waals surface area (Å²) >= 11 is 0. The molecule has 3 rings (SSSR count). The minimum Gasteiger partial charge on any atom is -0.350 e. The summed E-state index contributed by atoms with van der Waals surface area (Å²) in [6.07, 6.45) is 12.4. The SMILES string of the molecule is Cc1ccn(CC(=O)NC2CCCN(C3CCCCCC3)C2)n1. The van der Waals surface area contributed by atoms with E-state index in [2.05, 4.69) is 15.3 Å². The predicted octanol–water partition coefficient (Wildman–Crippen LogP) is 2.49. The Morgan fingerprint density at radius 2 is 2.00 bits per heavy atom. The smallest absolute Gasteiger partial charge is 0.241 e. The van der Waals surface area contributed by atoms with Crippen LogP contribution in [0.2, 0.25) is 0 Å². The van der Waals surface area contributed by atoms with Gasteiger partial charge in [0.15, 0.2) is 0 Å². The molecule has 128 valence electrons. The minimum atomic E-state index is 0.0841. The molecule has 1 aromatic heterocycles. The number of carbonyl (C=O) groups is 1. The van der Waals surface area contributed by atoms with E-state index < -0.39 is 0 Å². The molecule has 1 saturated carbocycles. The monoisotopic (exact) mass is 318 g/mol. The number of hydrogen-bond donors (Lipinski definition) is 1. The van der Waals surface area contributed by atoms with E-state index in [1.807, 2.05) is 19.2 Å². The molecule has 1 saturated heterocycles. The zero-order chi connectivity index (χ0) is 16.1. The third-order valence-electron chi connectivity index (χ3n) is 5.24. The van der Waals surface area contributed by atoms with Crippen LogP contribution in [-0.4, -0.2) is 45.8 Å². The van der Waals surface area contributed by atoms with Crippen molar-refractivity contribution in [3.05, 3.63) is 18.0 Å². The summed E-state index contributed by atoms with van der Waals surface area (Å²) in [5.74, 6) is 0.0841. The zero-order valence-corrected chi connectivity index (χ0v) is 14.3. The number of amides is 1. The van der Waals surface area contributed by atoms with Crippen molar-refractivity contribution in [3.63, 3.8) is 0 Å². The van der Waals surface area contributed by atoms with Crippen molar-refractivity contribution >= 4 is 5.91 Å². The van der Waals surface area contributed by atoms with Crippen LogP contribution in [0, 0.1) is 6.92 Å². The van der Waals surface area contributed by atoms with Crippen LogP contribution in [0.1, 0.15) is 57.1 Å². The maximum absolute atomic E-state index is 12.2. The van der Waals surface area contributed by atoms with Gasteiger partial charge in [-0.1, -0.05) is 25.7 Å². The number of hydrogen-bond acceptors (Lipinski definition) is 3. The highest BCUT2D eigenvalue weighted by Crippen LogP contribution is 2.24. The molecule has 2 heterocycles. The lowest BCUT2D eigenvalue weighted by molar-refractivity contribution is -0.123. The van der Waals surface area contributed by atoms with Crippen LogP contribution in [0.4, 0.5) is 0 Å². The van der Waals surface area contributed by atoms with Crippen LogP contribution in [0.15, 0.2) is 12.3 Å². The second-order valence-corrected chi connectivity index (χ2v) is 7.20. The summed E-state index contributed by atoms with van der Waals surface area (Å²) in [6.45, 7) is 4.50. The number of nitrogens with zero attached hydrogens (tertiary/aromatic N) is 3. The lowest BCUT2D eigenvalue weighted by Gasteiger charge is -2.38. The Hall–Kier alpha value is -1.36. The summed E-state index contributed by atoms with van der Waals surface area (Å²) in [5.41, 5.74) is 0.954. The number of carbonyl (C=O) groups excluding carboxylic acids is 1. The standard InChI is InChI=1S/C18H30N4O/c1-15-10-12-22(20-15)14-18(23)19-16-7-6-11-21(13-16)17-8-4-2-3-5-9-17/h10,12,16-17H,2-9,11,13-14H2,1H3,(H,19,23). The Morgan fingerprint density at radius 3 is 2.70 bits per heavy atom. The number of piperidine rings is 1. The molecule has 2 aliphatic rings. The van der Waals surface area contributed by atoms with Gasteiger partial charge in [0.2, 0.25) is 5.91 Å². The molecule has 2 fully saturated rings. The van der Waals surface area contributed by atoms with Crippen LogP contribution >= 0.6 is 0 Å². The van der Waals surface area contributed by atoms with Crippen LogP contribution in [0.5, 0.6) is 0 Å². The molecule has 1 unspecified atom stereocenters. The number of aromatic nitrogens is 2. The van der Waals surface area contributed by atoms with E-state index in [1.165, 1.54) is 51.5 Å². The van der Waals surface area contributed by atoms with Gasteiger partial charge in [-0.15, -0.1) is 0 Å². The first-order chi connectivity index (χ1) is 11.2. The number of likely N-dealkylation sites (tertiary alicyclic amines) is 1. The molecule has 5 heteroatoms. The average Bonchev–Trinajstić information content (AvgIpc) is 2.78. The molecule has 23 heavy (non-hydrogen) atoms. The van der Waals surface area contributed by atoms with Crippen molar-refractivity contribution in [2.24, 2.45) is 0 Å². The molecule has 0 radical (unpaired) electrons. The summed E-state index contributed by atoms with van der Waals surface area (Å²) in [7, 11) is 0. The summed E-state index contributed by atoms with van der Waals surface area (Å²) < 4.78 is 1.72. The molecule has 1 aliphatic heterocycles. The van der Waals surface area contributed by atoms with Crippen molar-refractivity contribution in [1.29, 1.82) is 0 Å². The highest BCUT2D eigenvalue weighted by Gasteiger charge is 2.27. The number of aryl methyl sites for hydroxylation is 1. The molecule has 1 N–H and O–H groups in total. The van der Waals surface area contributed by atoms with Crippen molar-refractivity contribution in [2.75, 3.05) is 13.1 Å². The van der Waals surface area contributed by atoms with Crippen molar-refractivity contribution < 1.29 is 4.79 Å². The van der Waals surface area contributed by atoms with Crippen LogP contribution in [0.3, 0.4) is 0 Å². The third-order valence-corrected chi connectivity index (χ3v) is 5.24. The van der Waals surface area contributed by atoms with Gasteiger partial charge in [0.05, 0.1) is 5.69 Å². The topological polar surface area (TPSA) is 50.2 Å². The Kier molecular flexibility index (Phi) is 5.70. The molecule has 1 atom stereocenters. The van der Waals surface area contributed by atoms with E-state index in [-0.39, 0.29) is 5.91 Å². The lowest BCUT2D eigenvalue weighted by Crippen LogP contribution is -2.51. The highest BCUT2D eigenvalue weighted by molar-refractivity contribution is 5.76. The second kappa shape index (κ2) is 7.95. The summed E-state index contributed by atoms with van der Waals surface area (Å²) in [6, 6.07) is 2.98. The van der Waals surface area contributed by atoms with Gasteiger partial charge in [0.25, 0.3) is 0 Å². The summed E-state index contributed by atoms with van der Waals surface area (Å²) in [4.78, 5) is 14.9. The molecular weight excluding hydrogens is 288 g/mol. The van der Waals surface area contributed by atoms with Gasteiger partial charge in [-0.05, 0) is 45.2 Å². The van der Waals surface area contributed by atoms with E-state index in [0.29, 0.717) is 12.6 Å². The fourth-order valence-corrected chi connectivity index (χ4v) is 4.05. The highest BCUT2D eigenvalue weighted by atomic mass is 16.2. The molecule has 0 spiro atoms. The summed E-state index contributed by atoms with van der Waals surface area (Å²) in [5, 5.41) is 7.51. The first-order valence-electron chi connectivity index (χ1n) is 9.24. The maximum atomic E-state index is 12.2. The average molecular weight is 318 g/mol. The molecule has 0 aromatic carbocycles. The number of nitrogens with one attached hydrogen (secondary N) is 1. The van der Waals surface area contributed by atoms with Gasteiger partial charge >= 0.3 is 0 Å². The fraction of sp³-hybridized carbons (Fsp3) is 0.778. The first-order valence-corrected chi connectivity index (χ1v) is 9.24. The van der Waals surface area contributed by atoms with Crippen LogP contribution in [-0.2, 0) is 11.3 Å². The van der Waals surface area contributed by atoms with Gasteiger partial charge in [0, 0.05) is 24.8 Å². The molecule has 1 aliphatic carbocycles. The van der Waals surface area contributed by atoms with Gasteiger partial charge in [0.1, 0.15) is 6.54 Å². The van der Waals surface area contributed by atoms with Gasteiger partial charge in [-0.2, -0.15) is 5.10 Å². The van der Waals surface area contributed by atoms with E-state index in [1.54, 1.807) is 4.68 Å². The quantitative estimate of drug-likeness (QED) is 0.868. The third kappa shape index (κ3) is 4.80.